The predicted molar refractivity (Wildman–Crippen MR) is 128 cm³/mol. The second-order valence-corrected chi connectivity index (χ2v) is 9.35. The first kappa shape index (κ1) is 22.8. The predicted octanol–water partition coefficient (Wildman–Crippen LogP) is 3.47. The van der Waals surface area contributed by atoms with Crippen LogP contribution in [0.15, 0.2) is 30.3 Å². The number of esters is 1. The molecule has 2 aliphatic rings. The molecule has 4 rings (SSSR count). The Bertz CT molecular complexity index is 1030. The van der Waals surface area contributed by atoms with Gasteiger partial charge in [-0.15, -0.1) is 0 Å². The molecule has 1 aliphatic heterocycles. The van der Waals surface area contributed by atoms with E-state index in [0.29, 0.717) is 5.69 Å². The van der Waals surface area contributed by atoms with Crippen LogP contribution >= 0.6 is 22.6 Å². The largest absolute Gasteiger partial charge is 0.464 e. The number of halogens is 1. The fraction of sp³-hybridized carbons (Fsp3) is 0.478. The van der Waals surface area contributed by atoms with E-state index in [1.807, 2.05) is 24.3 Å². The van der Waals surface area contributed by atoms with Gasteiger partial charge in [-0.25, -0.2) is 4.79 Å². The van der Waals surface area contributed by atoms with Crippen LogP contribution in [-0.2, 0) is 20.5 Å². The molecule has 1 N–H and O–H groups in total. The van der Waals surface area contributed by atoms with Gasteiger partial charge in [0, 0.05) is 22.2 Å². The molecule has 2 heterocycles. The van der Waals surface area contributed by atoms with Gasteiger partial charge in [0.15, 0.2) is 5.69 Å². The zero-order valence-electron chi connectivity index (χ0n) is 18.3. The van der Waals surface area contributed by atoms with Gasteiger partial charge >= 0.3 is 5.97 Å². The van der Waals surface area contributed by atoms with Crippen LogP contribution in [0.3, 0.4) is 0 Å². The third kappa shape index (κ3) is 4.14. The van der Waals surface area contributed by atoms with E-state index in [-0.39, 0.29) is 35.8 Å². The molecule has 2 aromatic rings. The van der Waals surface area contributed by atoms with Crippen LogP contribution in [0.2, 0.25) is 0 Å². The van der Waals surface area contributed by atoms with E-state index >= 15 is 0 Å². The lowest BCUT2D eigenvalue weighted by atomic mass is 9.91. The molecule has 1 aliphatic carbocycles. The average Bonchev–Trinajstić information content (AvgIpc) is 3.23. The molecule has 8 nitrogen and oxygen atoms in total. The van der Waals surface area contributed by atoms with Crippen LogP contribution in [0.4, 0.5) is 5.69 Å². The number of nitrogens with one attached hydrogen (secondary N) is 1. The van der Waals surface area contributed by atoms with Gasteiger partial charge in [-0.1, -0.05) is 54.0 Å². The lowest BCUT2D eigenvalue weighted by Crippen LogP contribution is -2.65. The van der Waals surface area contributed by atoms with Gasteiger partial charge in [-0.3, -0.25) is 19.2 Å². The minimum atomic E-state index is -1.20. The number of nitrogens with zero attached hydrogens (tertiary/aromatic N) is 3. The zero-order chi connectivity index (χ0) is 22.9. The van der Waals surface area contributed by atoms with Crippen molar-refractivity contribution in [3.63, 3.8) is 0 Å². The molecule has 1 aromatic carbocycles. The third-order valence-corrected chi connectivity index (χ3v) is 7.21. The highest BCUT2D eigenvalue weighted by atomic mass is 127. The van der Waals surface area contributed by atoms with Crippen LogP contribution in [0, 0.1) is 0 Å². The molecule has 9 heteroatoms. The summed E-state index contributed by atoms with van der Waals surface area (Å²) in [5, 5.41) is 7.44. The van der Waals surface area contributed by atoms with Gasteiger partial charge in [0.1, 0.15) is 11.2 Å². The number of rotatable bonds is 5. The Balaban J connectivity index is 1.74. The SMILES string of the molecule is COC(=O)c1cc2n(n1)CC(C)(C(=O)NC1CCCCC1)N(c1ccc(CI)cc1)C2=O. The molecule has 0 radical (unpaired) electrons. The molecule has 170 valence electrons. The summed E-state index contributed by atoms with van der Waals surface area (Å²) in [6, 6.07) is 9.19. The van der Waals surface area contributed by atoms with E-state index < -0.39 is 11.5 Å². The highest BCUT2D eigenvalue weighted by Gasteiger charge is 2.49. The first-order valence-electron chi connectivity index (χ1n) is 10.8. The van der Waals surface area contributed by atoms with E-state index in [9.17, 15) is 14.4 Å². The van der Waals surface area contributed by atoms with Crippen LogP contribution in [0.1, 0.15) is 65.6 Å². The summed E-state index contributed by atoms with van der Waals surface area (Å²) < 4.78 is 7.06. The van der Waals surface area contributed by atoms with Gasteiger partial charge in [0.05, 0.1) is 13.7 Å². The average molecular weight is 550 g/mol. The topological polar surface area (TPSA) is 93.5 Å². The molecule has 1 unspecified atom stereocenters. The number of alkyl halides is 1. The van der Waals surface area contributed by atoms with Gasteiger partial charge in [-0.2, -0.15) is 5.10 Å². The van der Waals surface area contributed by atoms with Crippen molar-refractivity contribution in [1.29, 1.82) is 0 Å². The van der Waals surface area contributed by atoms with Crippen LogP contribution in [0.5, 0.6) is 0 Å². The van der Waals surface area contributed by atoms with Crippen molar-refractivity contribution in [1.82, 2.24) is 15.1 Å². The smallest absolute Gasteiger partial charge is 0.358 e. The van der Waals surface area contributed by atoms with Crippen molar-refractivity contribution in [3.05, 3.63) is 47.3 Å². The van der Waals surface area contributed by atoms with Crippen molar-refractivity contribution in [2.75, 3.05) is 12.0 Å². The number of hydrogen-bond acceptors (Lipinski definition) is 5. The molecule has 1 aromatic heterocycles. The highest BCUT2D eigenvalue weighted by molar-refractivity contribution is 14.1. The number of methoxy groups -OCH3 is 1. The van der Waals surface area contributed by atoms with Crippen molar-refractivity contribution >= 4 is 46.1 Å². The maximum absolute atomic E-state index is 13.6. The summed E-state index contributed by atoms with van der Waals surface area (Å²) >= 11 is 2.28. The number of fused-ring (bicyclic) bond motifs is 1. The second-order valence-electron chi connectivity index (χ2n) is 8.59. The minimum absolute atomic E-state index is 0.0491. The normalized spacial score (nSPS) is 21.2. The molecular weight excluding hydrogens is 523 g/mol. The Kier molecular flexibility index (Phi) is 6.55. The molecular formula is C23H27IN4O4. The molecule has 1 saturated carbocycles. The van der Waals surface area contributed by atoms with Crippen molar-refractivity contribution in [2.24, 2.45) is 0 Å². The third-order valence-electron chi connectivity index (χ3n) is 6.33. The van der Waals surface area contributed by atoms with E-state index in [4.69, 9.17) is 4.74 Å². The maximum Gasteiger partial charge on any atom is 0.358 e. The molecule has 0 spiro atoms. The summed E-state index contributed by atoms with van der Waals surface area (Å²) in [6.45, 7) is 1.90. The highest BCUT2D eigenvalue weighted by Crippen LogP contribution is 2.34. The van der Waals surface area contributed by atoms with Crippen LogP contribution < -0.4 is 10.2 Å². The molecule has 1 fully saturated rings. The number of aromatic nitrogens is 2. The maximum atomic E-state index is 13.6. The Hall–Kier alpha value is -2.43. The second kappa shape index (κ2) is 9.21. The van der Waals surface area contributed by atoms with Crippen LogP contribution in [-0.4, -0.2) is 46.3 Å². The van der Waals surface area contributed by atoms with Crippen LogP contribution in [0.25, 0.3) is 0 Å². The number of hydrogen-bond donors (Lipinski definition) is 1. The Morgan fingerprint density at radius 1 is 1.22 bits per heavy atom. The summed E-state index contributed by atoms with van der Waals surface area (Å²) in [6.07, 6.45) is 5.26. The van der Waals surface area contributed by atoms with Crippen molar-refractivity contribution < 1.29 is 19.1 Å². The van der Waals surface area contributed by atoms with Gasteiger partial charge in [-0.05, 0) is 37.5 Å². The molecule has 2 amide bonds. The number of benzene rings is 1. The van der Waals surface area contributed by atoms with Gasteiger partial charge in [0.2, 0.25) is 5.91 Å². The zero-order valence-corrected chi connectivity index (χ0v) is 20.4. The first-order chi connectivity index (χ1) is 15.4. The van der Waals surface area contributed by atoms with Gasteiger partial charge in [0.25, 0.3) is 5.91 Å². The van der Waals surface area contributed by atoms with Crippen molar-refractivity contribution in [3.8, 4) is 0 Å². The Morgan fingerprint density at radius 3 is 2.53 bits per heavy atom. The standard InChI is InChI=1S/C23H27IN4O4/c1-23(22(31)25-16-6-4-3-5-7-16)14-27-19(12-18(26-27)21(30)32-2)20(29)28(23)17-10-8-15(13-24)9-11-17/h8-12,16H,3-7,13-14H2,1-2H3,(H,25,31). The molecule has 32 heavy (non-hydrogen) atoms. The summed E-state index contributed by atoms with van der Waals surface area (Å²) in [4.78, 5) is 40.8. The summed E-state index contributed by atoms with van der Waals surface area (Å²) in [5.41, 5.74) is 0.869. The fourth-order valence-corrected chi connectivity index (χ4v) is 5.02. The van der Waals surface area contributed by atoms with E-state index in [0.717, 1.165) is 35.7 Å². The minimum Gasteiger partial charge on any atom is -0.464 e. The quantitative estimate of drug-likeness (QED) is 0.350. The first-order valence-corrected chi connectivity index (χ1v) is 12.4. The number of anilines is 1. The Labute approximate surface area is 200 Å². The molecule has 0 bridgehead atoms. The Morgan fingerprint density at radius 2 is 1.91 bits per heavy atom. The molecule has 1 atom stereocenters. The summed E-state index contributed by atoms with van der Waals surface area (Å²) in [5.74, 6) is -1.20. The molecule has 0 saturated heterocycles. The lowest BCUT2D eigenvalue weighted by Gasteiger charge is -2.44. The lowest BCUT2D eigenvalue weighted by molar-refractivity contribution is -0.127. The number of carbonyl (C=O) groups is 3. The number of ether oxygens (including phenoxy) is 1. The number of carbonyl (C=O) groups excluding carboxylic acids is 3. The fourth-order valence-electron chi connectivity index (χ4n) is 4.51. The van der Waals surface area contributed by atoms with E-state index in [1.54, 1.807) is 11.8 Å². The number of amides is 2. The van der Waals surface area contributed by atoms with Crippen molar-refractivity contribution in [2.45, 2.75) is 61.6 Å². The van der Waals surface area contributed by atoms with Gasteiger partial charge < -0.3 is 10.1 Å². The summed E-state index contributed by atoms with van der Waals surface area (Å²) in [7, 11) is 1.27. The van der Waals surface area contributed by atoms with E-state index in [1.165, 1.54) is 24.3 Å². The van der Waals surface area contributed by atoms with E-state index in [2.05, 4.69) is 33.0 Å². The monoisotopic (exact) mass is 550 g/mol.